The van der Waals surface area contributed by atoms with Gasteiger partial charge in [0.25, 0.3) is 0 Å². The molecule has 2 rings (SSSR count). The molecule has 0 aromatic carbocycles. The lowest BCUT2D eigenvalue weighted by molar-refractivity contribution is 0.281. The summed E-state index contributed by atoms with van der Waals surface area (Å²) in [6.45, 7) is 3.24. The second-order valence-electron chi connectivity index (χ2n) is 6.01. The largest absolute Gasteiger partial charge is 0.312 e. The molecule has 1 aliphatic carbocycles. The van der Waals surface area contributed by atoms with Gasteiger partial charge in [-0.2, -0.15) is 5.10 Å². The molecule has 1 N–H and O–H groups in total. The molecule has 1 saturated carbocycles. The Bertz CT molecular complexity index is 336. The van der Waals surface area contributed by atoms with E-state index in [0.29, 0.717) is 12.1 Å². The normalized spacial score (nSPS) is 26.6. The fourth-order valence-corrected chi connectivity index (χ4v) is 3.38. The van der Waals surface area contributed by atoms with Gasteiger partial charge in [0, 0.05) is 6.04 Å². The molecule has 0 bridgehead atoms. The van der Waals surface area contributed by atoms with E-state index >= 15 is 0 Å². The van der Waals surface area contributed by atoms with Gasteiger partial charge in [-0.1, -0.05) is 58.3 Å². The first-order valence-corrected chi connectivity index (χ1v) is 8.49. The SMILES string of the molecule is CCNC1CCCCCCCCCCC1n1cncn1. The highest BCUT2D eigenvalue weighted by molar-refractivity contribution is 4.82. The molecule has 0 radical (unpaired) electrons. The summed E-state index contributed by atoms with van der Waals surface area (Å²) in [5.41, 5.74) is 0. The van der Waals surface area contributed by atoms with Crippen LogP contribution in [0.15, 0.2) is 12.7 Å². The highest BCUT2D eigenvalue weighted by atomic mass is 15.3. The van der Waals surface area contributed by atoms with Crippen LogP contribution in [-0.2, 0) is 0 Å². The lowest BCUT2D eigenvalue weighted by Crippen LogP contribution is -2.38. The van der Waals surface area contributed by atoms with Crippen molar-refractivity contribution in [1.82, 2.24) is 20.1 Å². The predicted molar refractivity (Wildman–Crippen MR) is 82.7 cm³/mol. The standard InChI is InChI=1S/C16H30N4/c1-2-18-15-11-9-7-5-3-4-6-8-10-12-16(15)20-14-17-13-19-20/h13-16,18H,2-12H2,1H3. The van der Waals surface area contributed by atoms with E-state index in [1.54, 1.807) is 6.33 Å². The third-order valence-corrected chi connectivity index (χ3v) is 4.47. The Morgan fingerprint density at radius 3 is 2.25 bits per heavy atom. The number of likely N-dealkylation sites (N-methyl/N-ethyl adjacent to an activating group) is 1. The molecule has 1 aliphatic rings. The van der Waals surface area contributed by atoms with Crippen molar-refractivity contribution in [2.45, 2.75) is 83.2 Å². The van der Waals surface area contributed by atoms with Crippen molar-refractivity contribution < 1.29 is 0 Å². The fourth-order valence-electron chi connectivity index (χ4n) is 3.38. The minimum atomic E-state index is 0.469. The van der Waals surface area contributed by atoms with Crippen molar-refractivity contribution in [3.63, 3.8) is 0 Å². The van der Waals surface area contributed by atoms with Gasteiger partial charge in [0.15, 0.2) is 0 Å². The van der Waals surface area contributed by atoms with Crippen LogP contribution in [0.2, 0.25) is 0 Å². The minimum Gasteiger partial charge on any atom is -0.312 e. The summed E-state index contributed by atoms with van der Waals surface area (Å²) in [6, 6.07) is 1.01. The Morgan fingerprint density at radius 2 is 1.65 bits per heavy atom. The lowest BCUT2D eigenvalue weighted by atomic mass is 9.94. The molecule has 2 atom stereocenters. The van der Waals surface area contributed by atoms with Gasteiger partial charge in [-0.25, -0.2) is 9.67 Å². The molecule has 0 aliphatic heterocycles. The molecule has 0 saturated heterocycles. The van der Waals surface area contributed by atoms with Crippen LogP contribution in [0.25, 0.3) is 0 Å². The first kappa shape index (κ1) is 15.5. The molecule has 1 heterocycles. The average molecular weight is 278 g/mol. The molecule has 1 fully saturated rings. The number of hydrogen-bond donors (Lipinski definition) is 1. The van der Waals surface area contributed by atoms with Crippen LogP contribution >= 0.6 is 0 Å². The maximum atomic E-state index is 4.41. The molecule has 20 heavy (non-hydrogen) atoms. The Morgan fingerprint density at radius 1 is 1.00 bits per heavy atom. The van der Waals surface area contributed by atoms with E-state index in [-0.39, 0.29) is 0 Å². The molecule has 4 nitrogen and oxygen atoms in total. The topological polar surface area (TPSA) is 42.7 Å². The van der Waals surface area contributed by atoms with Crippen molar-refractivity contribution in [2.75, 3.05) is 6.54 Å². The maximum absolute atomic E-state index is 4.41. The summed E-state index contributed by atoms with van der Waals surface area (Å²) in [6.07, 6.45) is 17.1. The third kappa shape index (κ3) is 4.89. The van der Waals surface area contributed by atoms with Gasteiger partial charge in [0.2, 0.25) is 0 Å². The van der Waals surface area contributed by atoms with E-state index in [9.17, 15) is 0 Å². The molecule has 0 amide bonds. The average Bonchev–Trinajstić information content (AvgIpc) is 2.96. The van der Waals surface area contributed by atoms with Crippen molar-refractivity contribution in [1.29, 1.82) is 0 Å². The first-order chi connectivity index (χ1) is 9.92. The zero-order valence-corrected chi connectivity index (χ0v) is 12.9. The summed E-state index contributed by atoms with van der Waals surface area (Å²) < 4.78 is 2.08. The van der Waals surface area contributed by atoms with E-state index in [1.165, 1.54) is 64.2 Å². The van der Waals surface area contributed by atoms with Crippen LogP contribution < -0.4 is 5.32 Å². The number of nitrogens with zero attached hydrogens (tertiary/aromatic N) is 3. The quantitative estimate of drug-likeness (QED) is 0.916. The van der Waals surface area contributed by atoms with Gasteiger partial charge in [-0.05, 0) is 19.4 Å². The summed E-state index contributed by atoms with van der Waals surface area (Å²) in [4.78, 5) is 4.15. The van der Waals surface area contributed by atoms with Gasteiger partial charge in [-0.3, -0.25) is 0 Å². The van der Waals surface area contributed by atoms with E-state index in [2.05, 4.69) is 27.0 Å². The number of nitrogens with one attached hydrogen (secondary N) is 1. The van der Waals surface area contributed by atoms with E-state index in [4.69, 9.17) is 0 Å². The highest BCUT2D eigenvalue weighted by Gasteiger charge is 2.22. The second-order valence-corrected chi connectivity index (χ2v) is 6.01. The Balaban J connectivity index is 2.02. The maximum Gasteiger partial charge on any atom is 0.137 e. The second kappa shape index (κ2) is 9.11. The lowest BCUT2D eigenvalue weighted by Gasteiger charge is -2.28. The molecule has 2 unspecified atom stereocenters. The van der Waals surface area contributed by atoms with Crippen LogP contribution in [0.1, 0.15) is 77.2 Å². The van der Waals surface area contributed by atoms with Crippen LogP contribution in [0, 0.1) is 0 Å². The van der Waals surface area contributed by atoms with Crippen molar-refractivity contribution in [3.8, 4) is 0 Å². The van der Waals surface area contributed by atoms with Gasteiger partial charge in [0.1, 0.15) is 12.7 Å². The van der Waals surface area contributed by atoms with Gasteiger partial charge in [-0.15, -0.1) is 0 Å². The molecule has 1 aromatic heterocycles. The van der Waals surface area contributed by atoms with E-state index < -0.39 is 0 Å². The monoisotopic (exact) mass is 278 g/mol. The smallest absolute Gasteiger partial charge is 0.137 e. The Kier molecular flexibility index (Phi) is 7.06. The summed E-state index contributed by atoms with van der Waals surface area (Å²) in [5.74, 6) is 0. The minimum absolute atomic E-state index is 0.469. The van der Waals surface area contributed by atoms with E-state index in [0.717, 1.165) is 6.54 Å². The van der Waals surface area contributed by atoms with Crippen molar-refractivity contribution >= 4 is 0 Å². The molecule has 114 valence electrons. The summed E-state index contributed by atoms with van der Waals surface area (Å²) >= 11 is 0. The molecule has 0 spiro atoms. The van der Waals surface area contributed by atoms with Crippen LogP contribution in [0.5, 0.6) is 0 Å². The number of rotatable bonds is 3. The number of hydrogen-bond acceptors (Lipinski definition) is 3. The van der Waals surface area contributed by atoms with Crippen molar-refractivity contribution in [2.24, 2.45) is 0 Å². The van der Waals surface area contributed by atoms with E-state index in [1.807, 2.05) is 6.33 Å². The summed E-state index contributed by atoms with van der Waals surface area (Å²) in [5, 5.41) is 8.09. The molecular formula is C16H30N4. The van der Waals surface area contributed by atoms with Crippen LogP contribution in [0.4, 0.5) is 0 Å². The van der Waals surface area contributed by atoms with Crippen LogP contribution in [-0.4, -0.2) is 27.4 Å². The molecule has 1 aromatic rings. The van der Waals surface area contributed by atoms with Gasteiger partial charge < -0.3 is 5.32 Å². The number of aromatic nitrogens is 3. The van der Waals surface area contributed by atoms with Gasteiger partial charge >= 0.3 is 0 Å². The molecular weight excluding hydrogens is 248 g/mol. The van der Waals surface area contributed by atoms with Crippen molar-refractivity contribution in [3.05, 3.63) is 12.7 Å². The summed E-state index contributed by atoms with van der Waals surface area (Å²) in [7, 11) is 0. The van der Waals surface area contributed by atoms with Crippen LogP contribution in [0.3, 0.4) is 0 Å². The Labute approximate surface area is 123 Å². The zero-order chi connectivity index (χ0) is 14.0. The Hall–Kier alpha value is -0.900. The zero-order valence-electron chi connectivity index (χ0n) is 12.9. The third-order valence-electron chi connectivity index (χ3n) is 4.47. The van der Waals surface area contributed by atoms with Gasteiger partial charge in [0.05, 0.1) is 6.04 Å². The predicted octanol–water partition coefficient (Wildman–Crippen LogP) is 3.71. The highest BCUT2D eigenvalue weighted by Crippen LogP contribution is 2.24. The fraction of sp³-hybridized carbons (Fsp3) is 0.875. The first-order valence-electron chi connectivity index (χ1n) is 8.49. The molecule has 4 heteroatoms.